The Bertz CT molecular complexity index is 493. The Labute approximate surface area is 118 Å². The van der Waals surface area contributed by atoms with Crippen LogP contribution in [0.3, 0.4) is 0 Å². The molecule has 0 aliphatic rings. The predicted molar refractivity (Wildman–Crippen MR) is 79.9 cm³/mol. The summed E-state index contributed by atoms with van der Waals surface area (Å²) in [4.78, 5) is 4.53. The first-order valence-electron chi connectivity index (χ1n) is 6.49. The summed E-state index contributed by atoms with van der Waals surface area (Å²) in [5.41, 5.74) is 2.42. The molecule has 0 bridgehead atoms. The smallest absolute Gasteiger partial charge is 0.203 e. The fraction of sp³-hybridized carbons (Fsp3) is 0.500. The number of hydrogen-bond donors (Lipinski definition) is 1. The zero-order valence-corrected chi connectivity index (χ0v) is 12.5. The molecule has 2 heterocycles. The van der Waals surface area contributed by atoms with E-state index in [0.29, 0.717) is 6.61 Å². The monoisotopic (exact) mass is 279 g/mol. The third kappa shape index (κ3) is 4.08. The first-order chi connectivity index (χ1) is 9.19. The van der Waals surface area contributed by atoms with Crippen LogP contribution in [0.15, 0.2) is 23.0 Å². The second kappa shape index (κ2) is 6.73. The van der Waals surface area contributed by atoms with Crippen LogP contribution in [0.4, 0.5) is 5.95 Å². The fourth-order valence-corrected chi connectivity index (χ4v) is 2.73. The molecule has 0 amide bonds. The first kappa shape index (κ1) is 14.1. The number of imidazole rings is 1. The number of nitrogens with zero attached hydrogens (tertiary/aromatic N) is 2. The van der Waals surface area contributed by atoms with Gasteiger partial charge >= 0.3 is 0 Å². The highest BCUT2D eigenvalue weighted by atomic mass is 32.1. The van der Waals surface area contributed by atoms with Gasteiger partial charge in [-0.15, -0.1) is 0 Å². The molecule has 0 saturated heterocycles. The summed E-state index contributed by atoms with van der Waals surface area (Å²) in [5.74, 6) is 0.928. The number of aryl methyl sites for hydroxylation is 3. The Balaban J connectivity index is 1.99. The zero-order chi connectivity index (χ0) is 13.7. The number of aromatic nitrogens is 2. The standard InChI is InChI=1S/C14H21N3OS/c1-11-8-17(6-4-13-5-7-19-10-13)14(15-11)16-12(2)9-18-3/h5,7-8,10,12H,4,6,9H2,1-3H3,(H,15,16). The SMILES string of the molecule is COCC(C)Nc1nc(C)cn1CCc1ccsc1. The van der Waals surface area contributed by atoms with E-state index in [4.69, 9.17) is 4.74 Å². The van der Waals surface area contributed by atoms with E-state index in [9.17, 15) is 0 Å². The molecule has 0 aliphatic heterocycles. The highest BCUT2D eigenvalue weighted by molar-refractivity contribution is 7.07. The highest BCUT2D eigenvalue weighted by Gasteiger charge is 2.09. The van der Waals surface area contributed by atoms with E-state index >= 15 is 0 Å². The summed E-state index contributed by atoms with van der Waals surface area (Å²) in [6.07, 6.45) is 3.13. The topological polar surface area (TPSA) is 39.1 Å². The number of hydrogen-bond acceptors (Lipinski definition) is 4. The molecule has 2 aromatic rings. The van der Waals surface area contributed by atoms with Gasteiger partial charge in [0.25, 0.3) is 0 Å². The van der Waals surface area contributed by atoms with Crippen molar-refractivity contribution in [1.29, 1.82) is 0 Å². The van der Waals surface area contributed by atoms with Gasteiger partial charge in [-0.1, -0.05) is 0 Å². The van der Waals surface area contributed by atoms with Gasteiger partial charge in [0.2, 0.25) is 5.95 Å². The molecule has 19 heavy (non-hydrogen) atoms. The van der Waals surface area contributed by atoms with E-state index in [1.807, 2.05) is 6.92 Å². The lowest BCUT2D eigenvalue weighted by atomic mass is 10.2. The van der Waals surface area contributed by atoms with E-state index in [0.717, 1.165) is 24.6 Å². The summed E-state index contributed by atoms with van der Waals surface area (Å²) in [7, 11) is 1.71. The van der Waals surface area contributed by atoms with Crippen molar-refractivity contribution in [2.75, 3.05) is 19.0 Å². The molecule has 0 radical (unpaired) electrons. The first-order valence-corrected chi connectivity index (χ1v) is 7.43. The lowest BCUT2D eigenvalue weighted by molar-refractivity contribution is 0.190. The Morgan fingerprint density at radius 2 is 2.37 bits per heavy atom. The lowest BCUT2D eigenvalue weighted by Gasteiger charge is -2.15. The van der Waals surface area contributed by atoms with Crippen molar-refractivity contribution in [2.45, 2.75) is 32.9 Å². The van der Waals surface area contributed by atoms with Crippen LogP contribution in [0.5, 0.6) is 0 Å². The Morgan fingerprint density at radius 3 is 3.05 bits per heavy atom. The van der Waals surface area contributed by atoms with Gasteiger partial charge in [0.05, 0.1) is 12.3 Å². The second-order valence-corrected chi connectivity index (χ2v) is 5.56. The van der Waals surface area contributed by atoms with Gasteiger partial charge in [0.1, 0.15) is 0 Å². The minimum absolute atomic E-state index is 0.256. The van der Waals surface area contributed by atoms with E-state index in [2.05, 4.69) is 44.8 Å². The number of thiophene rings is 1. The summed E-state index contributed by atoms with van der Waals surface area (Å²) >= 11 is 1.74. The molecule has 0 aromatic carbocycles. The molecular weight excluding hydrogens is 258 g/mol. The van der Waals surface area contributed by atoms with Crippen LogP contribution < -0.4 is 5.32 Å². The van der Waals surface area contributed by atoms with Crippen LogP contribution in [0, 0.1) is 6.92 Å². The molecule has 1 atom stereocenters. The molecule has 2 aromatic heterocycles. The lowest BCUT2D eigenvalue weighted by Crippen LogP contribution is -2.23. The Kier molecular flexibility index (Phi) is 4.99. The quantitative estimate of drug-likeness (QED) is 0.847. The van der Waals surface area contributed by atoms with Crippen molar-refractivity contribution in [1.82, 2.24) is 9.55 Å². The van der Waals surface area contributed by atoms with Crippen LogP contribution >= 0.6 is 11.3 Å². The molecule has 0 aliphatic carbocycles. The van der Waals surface area contributed by atoms with Crippen LogP contribution in [0.1, 0.15) is 18.2 Å². The largest absolute Gasteiger partial charge is 0.383 e. The van der Waals surface area contributed by atoms with Gasteiger partial charge in [-0.2, -0.15) is 11.3 Å². The van der Waals surface area contributed by atoms with E-state index < -0.39 is 0 Å². The maximum absolute atomic E-state index is 5.14. The number of nitrogens with one attached hydrogen (secondary N) is 1. The number of ether oxygens (including phenoxy) is 1. The van der Waals surface area contributed by atoms with Crippen LogP contribution in [0.25, 0.3) is 0 Å². The maximum atomic E-state index is 5.14. The molecular formula is C14H21N3OS. The molecule has 0 spiro atoms. The summed E-state index contributed by atoms with van der Waals surface area (Å²) in [5, 5.41) is 7.71. The van der Waals surface area contributed by atoms with E-state index in [1.165, 1.54) is 5.56 Å². The van der Waals surface area contributed by atoms with Crippen LogP contribution in [-0.4, -0.2) is 29.3 Å². The van der Waals surface area contributed by atoms with Crippen molar-refractivity contribution < 1.29 is 4.74 Å². The third-order valence-electron chi connectivity index (χ3n) is 2.91. The second-order valence-electron chi connectivity index (χ2n) is 4.78. The van der Waals surface area contributed by atoms with Crippen molar-refractivity contribution in [3.8, 4) is 0 Å². The normalized spacial score (nSPS) is 12.6. The molecule has 104 valence electrons. The average Bonchev–Trinajstić information content (AvgIpc) is 2.97. The molecule has 5 heteroatoms. The minimum Gasteiger partial charge on any atom is -0.383 e. The number of anilines is 1. The molecule has 4 nitrogen and oxygen atoms in total. The average molecular weight is 279 g/mol. The molecule has 1 N–H and O–H groups in total. The predicted octanol–water partition coefficient (Wildman–Crippen LogP) is 2.94. The van der Waals surface area contributed by atoms with Gasteiger partial charge < -0.3 is 14.6 Å². The molecule has 0 fully saturated rings. The van der Waals surface area contributed by atoms with Gasteiger partial charge in [0.15, 0.2) is 0 Å². The third-order valence-corrected chi connectivity index (χ3v) is 3.64. The fourth-order valence-electron chi connectivity index (χ4n) is 2.03. The molecule has 2 rings (SSSR count). The van der Waals surface area contributed by atoms with E-state index in [-0.39, 0.29) is 6.04 Å². The van der Waals surface area contributed by atoms with Gasteiger partial charge in [0, 0.05) is 25.9 Å². The van der Waals surface area contributed by atoms with Gasteiger partial charge in [-0.05, 0) is 42.7 Å². The van der Waals surface area contributed by atoms with Gasteiger partial charge in [-0.25, -0.2) is 4.98 Å². The van der Waals surface area contributed by atoms with Crippen molar-refractivity contribution in [3.05, 3.63) is 34.3 Å². The Hall–Kier alpha value is -1.33. The van der Waals surface area contributed by atoms with Crippen LogP contribution in [-0.2, 0) is 17.7 Å². The van der Waals surface area contributed by atoms with Crippen molar-refractivity contribution in [2.24, 2.45) is 0 Å². The number of rotatable bonds is 7. The van der Waals surface area contributed by atoms with Crippen molar-refractivity contribution in [3.63, 3.8) is 0 Å². The van der Waals surface area contributed by atoms with Crippen molar-refractivity contribution >= 4 is 17.3 Å². The van der Waals surface area contributed by atoms with E-state index in [1.54, 1.807) is 18.4 Å². The summed E-state index contributed by atoms with van der Waals surface area (Å²) in [6.45, 7) is 5.74. The molecule has 0 saturated carbocycles. The highest BCUT2D eigenvalue weighted by Crippen LogP contribution is 2.13. The summed E-state index contributed by atoms with van der Waals surface area (Å²) in [6, 6.07) is 2.43. The summed E-state index contributed by atoms with van der Waals surface area (Å²) < 4.78 is 7.32. The minimum atomic E-state index is 0.256. The zero-order valence-electron chi connectivity index (χ0n) is 11.7. The van der Waals surface area contributed by atoms with Crippen LogP contribution in [0.2, 0.25) is 0 Å². The Morgan fingerprint density at radius 1 is 1.53 bits per heavy atom. The molecule has 1 unspecified atom stereocenters. The number of methoxy groups -OCH3 is 1. The van der Waals surface area contributed by atoms with Gasteiger partial charge in [-0.3, -0.25) is 0 Å². The maximum Gasteiger partial charge on any atom is 0.203 e.